The zero-order valence-electron chi connectivity index (χ0n) is 55.3. The highest BCUT2D eigenvalue weighted by Gasteiger charge is 2.24. The number of thiophene rings is 3. The molecule has 0 atom stereocenters. The number of pyridine rings is 3. The van der Waals surface area contributed by atoms with Crippen LogP contribution in [0, 0.1) is 0 Å². The van der Waals surface area contributed by atoms with E-state index in [9.17, 15) is 0 Å². The molecule has 12 heterocycles. The summed E-state index contributed by atoms with van der Waals surface area (Å²) < 4.78 is 33.9. The Morgan fingerprint density at radius 3 is 1.06 bits per heavy atom. The lowest BCUT2D eigenvalue weighted by Gasteiger charge is -2.10. The fourth-order valence-corrected chi connectivity index (χ4v) is 20.8. The third-order valence-electron chi connectivity index (χ3n) is 22.0. The number of nitrogens with zero attached hydrogens (tertiary/aromatic N) is 6. The normalized spacial score (nSPS) is 12.6. The molecule has 0 fully saturated rings. The smallest absolute Gasteiger partial charge is 0.150 e. The molecule has 0 aliphatic heterocycles. The molecule has 0 unspecified atom stereocenters. The predicted octanol–water partition coefficient (Wildman–Crippen LogP) is 27.2. The van der Waals surface area contributed by atoms with Gasteiger partial charge >= 0.3 is 0 Å². The van der Waals surface area contributed by atoms with Gasteiger partial charge in [-0.2, -0.15) is 0 Å². The molecular formula is C93H48N6O3S3. The van der Waals surface area contributed by atoms with Gasteiger partial charge in [0, 0.05) is 120 Å². The standard InChI is InChI=1S/3C31H16N2OS/c1-5-11-27-17(7-1)21-13-19-20-16-30-22(18-8-2-6-12-29(18)35-30)14-26(20)33-25-10-4-3-9-24(25)32-31(33)23(19)15-28(21)34-27;1-5-11-27-17(7-1)21-13-19-20-14-22-18-8-2-6-12-29(18)35-30(22)16-26(20)33-25-10-4-3-9-24(25)32-31(33)23(19)15-28(21)34-27;1-5-11-26-17(7-1)20-14-13-19-21-16-28-22(18-8-2-6-12-27(18)35-28)15-25(21)33-24-10-4-3-9-23(24)32-31(33)29(19)30(20)34-26/h3*1-16H. The van der Waals surface area contributed by atoms with Crippen molar-refractivity contribution < 1.29 is 13.3 Å². The zero-order valence-corrected chi connectivity index (χ0v) is 57.8. The van der Waals surface area contributed by atoms with E-state index in [1.54, 1.807) is 0 Å². The van der Waals surface area contributed by atoms with E-state index in [2.05, 4.69) is 268 Å². The van der Waals surface area contributed by atoms with E-state index >= 15 is 0 Å². The first-order valence-corrected chi connectivity index (χ1v) is 37.6. The monoisotopic (exact) mass is 1390 g/mol. The Labute approximate surface area is 603 Å². The Morgan fingerprint density at radius 1 is 0.200 bits per heavy atom. The van der Waals surface area contributed by atoms with Crippen LogP contribution in [-0.2, 0) is 0 Å². The van der Waals surface area contributed by atoms with Crippen molar-refractivity contribution in [2.24, 2.45) is 0 Å². The summed E-state index contributed by atoms with van der Waals surface area (Å²) in [5.74, 6) is 0. The molecule has 15 aromatic carbocycles. The number of hydrogen-bond acceptors (Lipinski definition) is 9. The minimum atomic E-state index is 0.897. The molecule has 27 rings (SSSR count). The largest absolute Gasteiger partial charge is 0.456 e. The molecule has 0 saturated carbocycles. The first kappa shape index (κ1) is 56.4. The molecule has 9 nitrogen and oxygen atoms in total. The second-order valence-electron chi connectivity index (χ2n) is 27.6. The highest BCUT2D eigenvalue weighted by atomic mass is 32.1. The van der Waals surface area contributed by atoms with Gasteiger partial charge in [0.15, 0.2) is 0 Å². The molecule has 486 valence electrons. The van der Waals surface area contributed by atoms with Crippen LogP contribution >= 0.6 is 34.0 Å². The Morgan fingerprint density at radius 2 is 0.552 bits per heavy atom. The van der Waals surface area contributed by atoms with Gasteiger partial charge in [0.2, 0.25) is 0 Å². The average molecular weight is 1390 g/mol. The van der Waals surface area contributed by atoms with Crippen molar-refractivity contribution in [2.45, 2.75) is 0 Å². The molecule has 0 spiro atoms. The summed E-state index contributed by atoms with van der Waals surface area (Å²) in [4.78, 5) is 15.4. The van der Waals surface area contributed by atoms with Crippen LogP contribution in [0.3, 0.4) is 0 Å². The van der Waals surface area contributed by atoms with Crippen LogP contribution < -0.4 is 0 Å². The molecule has 0 aliphatic rings. The SMILES string of the molecule is c1ccc2c(c1)nc1c3c(ccc4c5ccccc5oc43)c3cc4sc5ccccc5c4cc3n21.c1ccc2c(c1)nc1c3cc4oc5ccccc5c4cc3c3cc4c(cc3n21)sc1ccccc14.c1ccc2c(c1)nc1c3cc4oc5ccccc5c4cc3c3cc4sc5ccccc5c4cc3n21. The fourth-order valence-electron chi connectivity index (χ4n) is 17.4. The summed E-state index contributed by atoms with van der Waals surface area (Å²) in [5, 5.41) is 25.3. The van der Waals surface area contributed by atoms with Crippen LogP contribution in [-0.4, -0.2) is 28.2 Å². The van der Waals surface area contributed by atoms with E-state index in [0.29, 0.717) is 0 Å². The summed E-state index contributed by atoms with van der Waals surface area (Å²) >= 11 is 5.57. The van der Waals surface area contributed by atoms with Crippen LogP contribution in [0.25, 0.3) is 241 Å². The van der Waals surface area contributed by atoms with E-state index in [1.807, 2.05) is 70.4 Å². The highest BCUT2D eigenvalue weighted by molar-refractivity contribution is 7.26. The molecule has 0 saturated heterocycles. The maximum atomic E-state index is 6.50. The third-order valence-corrected chi connectivity index (χ3v) is 25.4. The molecule has 0 radical (unpaired) electrons. The zero-order chi connectivity index (χ0) is 68.0. The summed E-state index contributed by atoms with van der Waals surface area (Å²) in [6.45, 7) is 0. The van der Waals surface area contributed by atoms with Crippen LogP contribution in [0.1, 0.15) is 0 Å². The summed E-state index contributed by atoms with van der Waals surface area (Å²) in [7, 11) is 0. The van der Waals surface area contributed by atoms with Crippen molar-refractivity contribution in [3.05, 3.63) is 291 Å². The van der Waals surface area contributed by atoms with Crippen LogP contribution in [0.2, 0.25) is 0 Å². The molecule has 0 amide bonds. The minimum Gasteiger partial charge on any atom is -0.456 e. The highest BCUT2D eigenvalue weighted by Crippen LogP contribution is 2.48. The number of para-hydroxylation sites is 9. The van der Waals surface area contributed by atoms with Gasteiger partial charge in [-0.15, -0.1) is 34.0 Å². The Balaban J connectivity index is 0.0000000914. The molecule has 0 N–H and O–H groups in total. The Kier molecular flexibility index (Phi) is 11.1. The first-order valence-electron chi connectivity index (χ1n) is 35.2. The van der Waals surface area contributed by atoms with Gasteiger partial charge in [0.1, 0.15) is 50.4 Å². The molecule has 0 bridgehead atoms. The summed E-state index contributed by atoms with van der Waals surface area (Å²) in [5.41, 5.74) is 18.2. The van der Waals surface area contributed by atoms with Gasteiger partial charge < -0.3 is 13.3 Å². The molecule has 12 aromatic heterocycles. The molecule has 105 heavy (non-hydrogen) atoms. The van der Waals surface area contributed by atoms with Crippen molar-refractivity contribution >= 4 is 275 Å². The van der Waals surface area contributed by atoms with Crippen molar-refractivity contribution in [1.29, 1.82) is 0 Å². The predicted molar refractivity (Wildman–Crippen MR) is 444 cm³/mol. The van der Waals surface area contributed by atoms with E-state index < -0.39 is 0 Å². The molecule has 0 aliphatic carbocycles. The lowest BCUT2D eigenvalue weighted by atomic mass is 10.0. The van der Waals surface area contributed by atoms with Crippen LogP contribution in [0.15, 0.2) is 304 Å². The van der Waals surface area contributed by atoms with Gasteiger partial charge in [-0.05, 0) is 156 Å². The van der Waals surface area contributed by atoms with Crippen molar-refractivity contribution in [1.82, 2.24) is 28.2 Å². The van der Waals surface area contributed by atoms with Crippen molar-refractivity contribution in [3.63, 3.8) is 0 Å². The number of furan rings is 3. The maximum absolute atomic E-state index is 6.50. The number of fused-ring (bicyclic) bond motifs is 43. The van der Waals surface area contributed by atoms with Crippen molar-refractivity contribution in [3.8, 4) is 0 Å². The Hall–Kier alpha value is -13.2. The van der Waals surface area contributed by atoms with Crippen LogP contribution in [0.5, 0.6) is 0 Å². The molecule has 27 aromatic rings. The lowest BCUT2D eigenvalue weighted by Crippen LogP contribution is -1.92. The molecular weight excluding hydrogens is 1350 g/mol. The minimum absolute atomic E-state index is 0.897. The second-order valence-corrected chi connectivity index (χ2v) is 30.9. The quantitative estimate of drug-likeness (QED) is 0.141. The topological polar surface area (TPSA) is 91.3 Å². The van der Waals surface area contributed by atoms with Crippen molar-refractivity contribution in [2.75, 3.05) is 0 Å². The van der Waals surface area contributed by atoms with E-state index in [4.69, 9.17) is 28.2 Å². The number of hydrogen-bond donors (Lipinski definition) is 0. The van der Waals surface area contributed by atoms with Gasteiger partial charge in [-0.25, -0.2) is 15.0 Å². The molecule has 12 heteroatoms. The summed E-state index contributed by atoms with van der Waals surface area (Å²) in [6.07, 6.45) is 0. The fraction of sp³-hybridized carbons (Fsp3) is 0. The summed E-state index contributed by atoms with van der Waals surface area (Å²) in [6, 6.07) is 104. The van der Waals surface area contributed by atoms with Gasteiger partial charge in [0.05, 0.1) is 55.0 Å². The van der Waals surface area contributed by atoms with Gasteiger partial charge in [-0.3, -0.25) is 13.2 Å². The first-order chi connectivity index (χ1) is 52.0. The van der Waals surface area contributed by atoms with E-state index in [0.717, 1.165) is 132 Å². The van der Waals surface area contributed by atoms with Gasteiger partial charge in [0.25, 0.3) is 0 Å². The van der Waals surface area contributed by atoms with E-state index in [1.165, 1.54) is 109 Å². The van der Waals surface area contributed by atoms with Gasteiger partial charge in [-0.1, -0.05) is 152 Å². The Bertz CT molecular complexity index is 8580. The van der Waals surface area contributed by atoms with Crippen LogP contribution in [0.4, 0.5) is 0 Å². The second kappa shape index (κ2) is 20.7. The number of benzene rings is 15. The maximum Gasteiger partial charge on any atom is 0.150 e. The number of aromatic nitrogens is 6. The number of imidazole rings is 3. The lowest BCUT2D eigenvalue weighted by molar-refractivity contribution is 0.669. The third kappa shape index (κ3) is 7.80. The average Bonchev–Trinajstić information content (AvgIpc) is 1.60. The number of rotatable bonds is 0. The van der Waals surface area contributed by atoms with E-state index in [-0.39, 0.29) is 0 Å².